The normalized spacial score (nSPS) is 12.3. The predicted octanol–water partition coefficient (Wildman–Crippen LogP) is 11.1. The first kappa shape index (κ1) is 29.1. The van der Waals surface area contributed by atoms with Crippen molar-refractivity contribution in [1.82, 2.24) is 0 Å². The molecule has 1 aliphatic rings. The van der Waals surface area contributed by atoms with E-state index in [1.807, 2.05) is 11.8 Å². The van der Waals surface area contributed by atoms with Gasteiger partial charge in [-0.15, -0.1) is 0 Å². The van der Waals surface area contributed by atoms with E-state index in [0.29, 0.717) is 0 Å². The van der Waals surface area contributed by atoms with Crippen LogP contribution >= 0.6 is 11.8 Å². The van der Waals surface area contributed by atoms with E-state index in [9.17, 15) is 0 Å². The van der Waals surface area contributed by atoms with Crippen LogP contribution in [-0.2, 0) is 0 Å². The van der Waals surface area contributed by atoms with Crippen LogP contribution in [0, 0.1) is 0 Å². The molecule has 0 bridgehead atoms. The summed E-state index contributed by atoms with van der Waals surface area (Å²) in [6.45, 7) is 0.217. The largest absolute Gasteiger partial charge is 0.244 e. The predicted molar refractivity (Wildman–Crippen MR) is 217 cm³/mol. The van der Waals surface area contributed by atoms with Crippen LogP contribution < -0.4 is 16.4 Å². The Kier molecular flexibility index (Phi) is 6.96. The summed E-state index contributed by atoms with van der Waals surface area (Å²) in [5.74, 6) is 0. The maximum atomic E-state index is 2.42. The number of rotatable bonds is 4. The monoisotopic (exact) mass is 650 g/mol. The Balaban J connectivity index is 1.12. The third-order valence-corrected chi connectivity index (χ3v) is 11.6. The second-order valence-corrected chi connectivity index (χ2v) is 14.3. The van der Waals surface area contributed by atoms with Crippen LogP contribution in [-0.4, -0.2) is 6.71 Å². The topological polar surface area (TPSA) is 0 Å². The van der Waals surface area contributed by atoms with Gasteiger partial charge in [0, 0.05) is 9.79 Å². The van der Waals surface area contributed by atoms with Crippen LogP contribution in [0.2, 0.25) is 0 Å². The van der Waals surface area contributed by atoms with E-state index in [0.717, 1.165) is 0 Å². The van der Waals surface area contributed by atoms with Crippen molar-refractivity contribution in [3.05, 3.63) is 188 Å². The molecule has 0 fully saturated rings. The number of hydrogen-bond donors (Lipinski definition) is 0. The molecule has 0 unspecified atom stereocenters. The summed E-state index contributed by atoms with van der Waals surface area (Å²) in [7, 11) is 0. The molecule has 0 radical (unpaired) electrons. The van der Waals surface area contributed by atoms with Crippen LogP contribution in [0.4, 0.5) is 0 Å². The number of hydrogen-bond acceptors (Lipinski definition) is 1. The lowest BCUT2D eigenvalue weighted by molar-refractivity contribution is 1.43. The Bertz CT molecular complexity index is 2710. The van der Waals surface area contributed by atoms with Gasteiger partial charge in [-0.1, -0.05) is 198 Å². The van der Waals surface area contributed by atoms with Gasteiger partial charge >= 0.3 is 0 Å². The van der Waals surface area contributed by atoms with Gasteiger partial charge in [-0.2, -0.15) is 0 Å². The second-order valence-electron chi connectivity index (χ2n) is 13.2. The van der Waals surface area contributed by atoms with E-state index in [-0.39, 0.29) is 6.71 Å². The molecular weight excluding hydrogens is 619 g/mol. The summed E-state index contributed by atoms with van der Waals surface area (Å²) < 4.78 is 0. The molecular formula is C48H31BS. The molecule has 0 N–H and O–H groups in total. The number of benzene rings is 9. The van der Waals surface area contributed by atoms with Crippen molar-refractivity contribution >= 4 is 67.2 Å². The van der Waals surface area contributed by atoms with Crippen LogP contribution in [0.5, 0.6) is 0 Å². The summed E-state index contributed by atoms with van der Waals surface area (Å²) in [6, 6.07) is 69.4. The Morgan fingerprint density at radius 2 is 0.760 bits per heavy atom. The number of fused-ring (bicyclic) bond motifs is 8. The molecule has 0 amide bonds. The van der Waals surface area contributed by atoms with Crippen LogP contribution in [0.1, 0.15) is 0 Å². The average molecular weight is 651 g/mol. The fourth-order valence-corrected chi connectivity index (χ4v) is 9.32. The van der Waals surface area contributed by atoms with Gasteiger partial charge in [-0.05, 0) is 83.9 Å². The molecule has 2 heteroatoms. The van der Waals surface area contributed by atoms with Gasteiger partial charge in [0.1, 0.15) is 0 Å². The Hall–Kier alpha value is -5.83. The molecule has 0 spiro atoms. The minimum absolute atomic E-state index is 0.217. The summed E-state index contributed by atoms with van der Waals surface area (Å²) in [5.41, 5.74) is 11.5. The van der Waals surface area contributed by atoms with Gasteiger partial charge in [-0.25, -0.2) is 0 Å². The minimum atomic E-state index is 0.217. The summed E-state index contributed by atoms with van der Waals surface area (Å²) in [5, 5.41) is 7.78. The fraction of sp³-hybridized carbons (Fsp3) is 0. The third-order valence-electron chi connectivity index (χ3n) is 10.4. The van der Waals surface area contributed by atoms with Gasteiger partial charge < -0.3 is 0 Å². The molecule has 232 valence electrons. The standard InChI is InChI=1S/C48H31BS/c1-2-14-34(15-3-1)49-45-24-12-13-25-47(45)50-48-31-33(27-29-46(48)49)36-17-5-7-19-38(36)37-18-6-4-16-35(37)32-26-28-43-41-22-9-8-20-39(41)40-21-10-11-23-42(40)44(43)30-32/h1-31H. The van der Waals surface area contributed by atoms with E-state index in [2.05, 4.69) is 188 Å². The van der Waals surface area contributed by atoms with E-state index in [4.69, 9.17) is 0 Å². The highest BCUT2D eigenvalue weighted by molar-refractivity contribution is 8.00. The lowest BCUT2D eigenvalue weighted by Crippen LogP contribution is -2.55. The van der Waals surface area contributed by atoms with Gasteiger partial charge in [-0.3, -0.25) is 0 Å². The zero-order chi connectivity index (χ0) is 33.0. The molecule has 0 aliphatic carbocycles. The van der Waals surface area contributed by atoms with Crippen molar-refractivity contribution in [1.29, 1.82) is 0 Å². The van der Waals surface area contributed by atoms with Crippen LogP contribution in [0.25, 0.3) is 65.7 Å². The SMILES string of the molecule is c1ccc(B2c3ccccc3Sc3cc(-c4ccccc4-c4ccccc4-c4ccc5c6ccccc6c6ccccc6c5c4)ccc32)cc1. The molecule has 1 heterocycles. The van der Waals surface area contributed by atoms with Gasteiger partial charge in [0.25, 0.3) is 0 Å². The van der Waals surface area contributed by atoms with E-state index in [1.54, 1.807) is 0 Å². The first-order valence-corrected chi connectivity index (χ1v) is 18.1. The van der Waals surface area contributed by atoms with Gasteiger partial charge in [0.2, 0.25) is 6.71 Å². The molecule has 0 atom stereocenters. The lowest BCUT2D eigenvalue weighted by Gasteiger charge is -2.27. The van der Waals surface area contributed by atoms with Crippen molar-refractivity contribution < 1.29 is 0 Å². The maximum absolute atomic E-state index is 2.42. The van der Waals surface area contributed by atoms with Crippen molar-refractivity contribution in [3.63, 3.8) is 0 Å². The van der Waals surface area contributed by atoms with Crippen LogP contribution in [0.15, 0.2) is 198 Å². The summed E-state index contributed by atoms with van der Waals surface area (Å²) in [6.07, 6.45) is 0. The Morgan fingerprint density at radius 1 is 0.300 bits per heavy atom. The summed E-state index contributed by atoms with van der Waals surface area (Å²) in [4.78, 5) is 2.66. The third kappa shape index (κ3) is 4.71. The van der Waals surface area contributed by atoms with Gasteiger partial charge in [0.15, 0.2) is 0 Å². The minimum Gasteiger partial charge on any atom is -0.0911 e. The zero-order valence-electron chi connectivity index (χ0n) is 27.4. The first-order valence-electron chi connectivity index (χ1n) is 17.3. The molecule has 10 rings (SSSR count). The molecule has 50 heavy (non-hydrogen) atoms. The van der Waals surface area contributed by atoms with Crippen molar-refractivity contribution in [3.8, 4) is 33.4 Å². The Labute approximate surface area is 297 Å². The van der Waals surface area contributed by atoms with E-state index >= 15 is 0 Å². The molecule has 0 aromatic heterocycles. The van der Waals surface area contributed by atoms with Gasteiger partial charge in [0.05, 0.1) is 0 Å². The second kappa shape index (κ2) is 11.9. The quantitative estimate of drug-likeness (QED) is 0.135. The molecule has 9 aromatic rings. The highest BCUT2D eigenvalue weighted by Crippen LogP contribution is 2.42. The molecule has 0 saturated carbocycles. The fourth-order valence-electron chi connectivity index (χ4n) is 8.15. The van der Waals surface area contributed by atoms with E-state index in [1.165, 1.54) is 91.9 Å². The van der Waals surface area contributed by atoms with Crippen molar-refractivity contribution in [2.24, 2.45) is 0 Å². The maximum Gasteiger partial charge on any atom is 0.244 e. The molecule has 0 saturated heterocycles. The highest BCUT2D eigenvalue weighted by Gasteiger charge is 2.31. The van der Waals surface area contributed by atoms with Crippen molar-refractivity contribution in [2.45, 2.75) is 9.79 Å². The Morgan fingerprint density at radius 3 is 1.42 bits per heavy atom. The van der Waals surface area contributed by atoms with Crippen molar-refractivity contribution in [2.75, 3.05) is 0 Å². The summed E-state index contributed by atoms with van der Waals surface area (Å²) >= 11 is 1.89. The highest BCUT2D eigenvalue weighted by atomic mass is 32.2. The van der Waals surface area contributed by atoms with E-state index < -0.39 is 0 Å². The average Bonchev–Trinajstić information content (AvgIpc) is 3.20. The smallest absolute Gasteiger partial charge is 0.0911 e. The molecule has 0 nitrogen and oxygen atoms in total. The molecule has 1 aliphatic heterocycles. The lowest BCUT2D eigenvalue weighted by atomic mass is 9.36. The zero-order valence-corrected chi connectivity index (χ0v) is 28.2. The van der Waals surface area contributed by atoms with Crippen LogP contribution in [0.3, 0.4) is 0 Å². The molecule has 9 aromatic carbocycles. The first-order chi connectivity index (χ1) is 24.8.